The molecule has 0 atom stereocenters. The van der Waals surface area contributed by atoms with Gasteiger partial charge in [-0.25, -0.2) is 4.39 Å². The SMILES string of the molecule is CCc1ccc(C)c(F)c1C(C)(C)O. The number of aryl methyl sites for hydroxylation is 2. The van der Waals surface area contributed by atoms with Crippen molar-refractivity contribution in [3.63, 3.8) is 0 Å². The Hall–Kier alpha value is -0.890. The number of halogens is 1. The smallest absolute Gasteiger partial charge is 0.132 e. The highest BCUT2D eigenvalue weighted by molar-refractivity contribution is 5.36. The molecule has 1 aromatic carbocycles. The first-order chi connectivity index (χ1) is 6.38. The van der Waals surface area contributed by atoms with E-state index in [-0.39, 0.29) is 5.82 Å². The molecule has 0 aromatic heterocycles. The molecule has 78 valence electrons. The summed E-state index contributed by atoms with van der Waals surface area (Å²) in [6.07, 6.45) is 0.733. The largest absolute Gasteiger partial charge is 0.386 e. The first-order valence-electron chi connectivity index (χ1n) is 4.88. The highest BCUT2D eigenvalue weighted by Crippen LogP contribution is 2.28. The third kappa shape index (κ3) is 1.95. The second-order valence-electron chi connectivity index (χ2n) is 4.14. The summed E-state index contributed by atoms with van der Waals surface area (Å²) in [5, 5.41) is 9.87. The first-order valence-corrected chi connectivity index (χ1v) is 4.88. The second kappa shape index (κ2) is 3.70. The molecule has 0 aliphatic rings. The Bertz CT molecular complexity index is 337. The average molecular weight is 196 g/mol. The van der Waals surface area contributed by atoms with Gasteiger partial charge in [0, 0.05) is 5.56 Å². The standard InChI is InChI=1S/C12H17FO/c1-5-9-7-6-8(2)11(13)10(9)12(3,4)14/h6-7,14H,5H2,1-4H3. The predicted molar refractivity (Wildman–Crippen MR) is 55.8 cm³/mol. The van der Waals surface area contributed by atoms with E-state index in [0.29, 0.717) is 11.1 Å². The molecule has 0 saturated heterocycles. The average Bonchev–Trinajstić information content (AvgIpc) is 2.07. The van der Waals surface area contributed by atoms with Crippen molar-refractivity contribution in [1.29, 1.82) is 0 Å². The Labute approximate surface area is 84.6 Å². The molecular formula is C12H17FO. The molecule has 1 N–H and O–H groups in total. The molecule has 0 unspecified atom stereocenters. The van der Waals surface area contributed by atoms with E-state index in [1.54, 1.807) is 26.8 Å². The molecule has 1 rings (SSSR count). The number of aliphatic hydroxyl groups is 1. The van der Waals surface area contributed by atoms with Crippen molar-refractivity contribution in [2.24, 2.45) is 0 Å². The van der Waals surface area contributed by atoms with Crippen molar-refractivity contribution in [2.75, 3.05) is 0 Å². The van der Waals surface area contributed by atoms with Gasteiger partial charge in [0.05, 0.1) is 5.60 Å². The molecule has 1 nitrogen and oxygen atoms in total. The molecule has 0 spiro atoms. The van der Waals surface area contributed by atoms with Gasteiger partial charge in [-0.05, 0) is 38.3 Å². The minimum absolute atomic E-state index is 0.281. The van der Waals surface area contributed by atoms with Gasteiger partial charge >= 0.3 is 0 Å². The Kier molecular flexibility index (Phi) is 2.95. The zero-order chi connectivity index (χ0) is 10.9. The van der Waals surface area contributed by atoms with E-state index in [2.05, 4.69) is 0 Å². The molecule has 0 heterocycles. The van der Waals surface area contributed by atoms with Crippen molar-refractivity contribution >= 4 is 0 Å². The molecule has 0 aliphatic carbocycles. The van der Waals surface area contributed by atoms with E-state index in [1.165, 1.54) is 0 Å². The van der Waals surface area contributed by atoms with Gasteiger partial charge in [0.1, 0.15) is 5.82 Å². The third-order valence-electron chi connectivity index (χ3n) is 2.41. The lowest BCUT2D eigenvalue weighted by atomic mass is 9.90. The zero-order valence-corrected chi connectivity index (χ0v) is 9.19. The minimum atomic E-state index is -1.11. The van der Waals surface area contributed by atoms with Crippen LogP contribution in [0.4, 0.5) is 4.39 Å². The summed E-state index contributed by atoms with van der Waals surface area (Å²) < 4.78 is 13.8. The highest BCUT2D eigenvalue weighted by atomic mass is 19.1. The van der Waals surface area contributed by atoms with Crippen LogP contribution in [0.2, 0.25) is 0 Å². The van der Waals surface area contributed by atoms with Crippen LogP contribution in [0.25, 0.3) is 0 Å². The summed E-state index contributed by atoms with van der Waals surface area (Å²) in [7, 11) is 0. The molecule has 0 bridgehead atoms. The maximum absolute atomic E-state index is 13.8. The fraction of sp³-hybridized carbons (Fsp3) is 0.500. The van der Waals surface area contributed by atoms with E-state index >= 15 is 0 Å². The molecule has 0 saturated carbocycles. The van der Waals surface area contributed by atoms with Gasteiger partial charge < -0.3 is 5.11 Å². The maximum atomic E-state index is 13.8. The fourth-order valence-electron chi connectivity index (χ4n) is 1.68. The normalized spacial score (nSPS) is 11.9. The van der Waals surface area contributed by atoms with Crippen LogP contribution < -0.4 is 0 Å². The second-order valence-corrected chi connectivity index (χ2v) is 4.14. The molecule has 2 heteroatoms. The molecule has 14 heavy (non-hydrogen) atoms. The van der Waals surface area contributed by atoms with Crippen LogP contribution in [0.5, 0.6) is 0 Å². The summed E-state index contributed by atoms with van der Waals surface area (Å²) in [5.41, 5.74) is 0.779. The molecule has 0 aliphatic heterocycles. The van der Waals surface area contributed by atoms with Crippen LogP contribution in [0.3, 0.4) is 0 Å². The van der Waals surface area contributed by atoms with Gasteiger partial charge in [-0.15, -0.1) is 0 Å². The summed E-state index contributed by atoms with van der Waals surface area (Å²) in [4.78, 5) is 0. The summed E-state index contributed by atoms with van der Waals surface area (Å²) in [6, 6.07) is 3.63. The van der Waals surface area contributed by atoms with Gasteiger partial charge in [-0.2, -0.15) is 0 Å². The molecule has 0 radical (unpaired) electrons. The van der Waals surface area contributed by atoms with Crippen LogP contribution in [-0.2, 0) is 12.0 Å². The van der Waals surface area contributed by atoms with Gasteiger partial charge in [0.25, 0.3) is 0 Å². The quantitative estimate of drug-likeness (QED) is 0.771. The van der Waals surface area contributed by atoms with Gasteiger partial charge in [-0.1, -0.05) is 19.1 Å². The van der Waals surface area contributed by atoms with Crippen molar-refractivity contribution < 1.29 is 9.50 Å². The van der Waals surface area contributed by atoms with Crippen LogP contribution in [0.15, 0.2) is 12.1 Å². The lowest BCUT2D eigenvalue weighted by Gasteiger charge is -2.22. The van der Waals surface area contributed by atoms with E-state index in [0.717, 1.165) is 12.0 Å². The van der Waals surface area contributed by atoms with Crippen molar-refractivity contribution in [1.82, 2.24) is 0 Å². The van der Waals surface area contributed by atoms with Crippen molar-refractivity contribution in [3.05, 3.63) is 34.6 Å². The number of hydrogen-bond donors (Lipinski definition) is 1. The van der Waals surface area contributed by atoms with Gasteiger partial charge in [0.2, 0.25) is 0 Å². The summed E-state index contributed by atoms with van der Waals surface area (Å²) in [5.74, 6) is -0.281. The van der Waals surface area contributed by atoms with Crippen LogP contribution in [0, 0.1) is 12.7 Å². The monoisotopic (exact) mass is 196 g/mol. The van der Waals surface area contributed by atoms with Gasteiger partial charge in [0.15, 0.2) is 0 Å². The number of benzene rings is 1. The Balaban J connectivity index is 3.44. The van der Waals surface area contributed by atoms with Crippen molar-refractivity contribution in [2.45, 2.75) is 39.7 Å². The lowest BCUT2D eigenvalue weighted by Crippen LogP contribution is -2.20. The Morgan fingerprint density at radius 3 is 2.36 bits per heavy atom. The maximum Gasteiger partial charge on any atom is 0.132 e. The Morgan fingerprint density at radius 1 is 1.36 bits per heavy atom. The summed E-state index contributed by atoms with van der Waals surface area (Å²) in [6.45, 7) is 6.90. The minimum Gasteiger partial charge on any atom is -0.386 e. The highest BCUT2D eigenvalue weighted by Gasteiger charge is 2.24. The number of rotatable bonds is 2. The lowest BCUT2D eigenvalue weighted by molar-refractivity contribution is 0.0734. The Morgan fingerprint density at radius 2 is 1.93 bits per heavy atom. The zero-order valence-electron chi connectivity index (χ0n) is 9.19. The topological polar surface area (TPSA) is 20.2 Å². The molecule has 1 aromatic rings. The molecular weight excluding hydrogens is 179 g/mol. The predicted octanol–water partition coefficient (Wildman–Crippen LogP) is 2.92. The third-order valence-corrected chi connectivity index (χ3v) is 2.41. The molecule has 0 amide bonds. The van der Waals surface area contributed by atoms with E-state index in [1.807, 2.05) is 13.0 Å². The van der Waals surface area contributed by atoms with Crippen molar-refractivity contribution in [3.8, 4) is 0 Å². The number of hydrogen-bond acceptors (Lipinski definition) is 1. The summed E-state index contributed by atoms with van der Waals surface area (Å²) >= 11 is 0. The van der Waals surface area contributed by atoms with Crippen LogP contribution >= 0.6 is 0 Å². The molecule has 0 fully saturated rings. The fourth-order valence-corrected chi connectivity index (χ4v) is 1.68. The van der Waals surface area contributed by atoms with E-state index < -0.39 is 5.60 Å². The van der Waals surface area contributed by atoms with Gasteiger partial charge in [-0.3, -0.25) is 0 Å². The van der Waals surface area contributed by atoms with E-state index in [4.69, 9.17) is 0 Å². The van der Waals surface area contributed by atoms with Crippen LogP contribution in [0.1, 0.15) is 37.5 Å². The first kappa shape index (κ1) is 11.2. The van der Waals surface area contributed by atoms with E-state index in [9.17, 15) is 9.50 Å². The van der Waals surface area contributed by atoms with Crippen LogP contribution in [-0.4, -0.2) is 5.11 Å².